The highest BCUT2D eigenvalue weighted by Crippen LogP contribution is 2.28. The highest BCUT2D eigenvalue weighted by atomic mass is 32.1. The molecule has 4 aromatic rings. The molecule has 0 aliphatic carbocycles. The van der Waals surface area contributed by atoms with Gasteiger partial charge in [0.05, 0.1) is 10.4 Å². The molecule has 0 saturated carbocycles. The maximum atomic E-state index is 12.2. The SMILES string of the molecule is Cc1nc(CCNC(=O)c2cc3c(nc4sccn43)s2)n[nH]1. The average molecular weight is 332 g/mol. The van der Waals surface area contributed by atoms with Crippen molar-refractivity contribution >= 4 is 43.9 Å². The zero-order chi connectivity index (χ0) is 15.1. The van der Waals surface area contributed by atoms with Crippen LogP contribution < -0.4 is 5.32 Å². The Labute approximate surface area is 133 Å². The molecule has 0 aromatic carbocycles. The fourth-order valence-corrected chi connectivity index (χ4v) is 3.95. The van der Waals surface area contributed by atoms with E-state index in [1.807, 2.05) is 29.0 Å². The number of aromatic amines is 1. The Morgan fingerprint density at radius 1 is 1.45 bits per heavy atom. The van der Waals surface area contributed by atoms with Crippen molar-refractivity contribution in [2.45, 2.75) is 13.3 Å². The smallest absolute Gasteiger partial charge is 0.261 e. The summed E-state index contributed by atoms with van der Waals surface area (Å²) < 4.78 is 2.00. The van der Waals surface area contributed by atoms with Gasteiger partial charge in [-0.2, -0.15) is 5.10 Å². The lowest BCUT2D eigenvalue weighted by atomic mass is 10.3. The van der Waals surface area contributed by atoms with Crippen LogP contribution in [0.3, 0.4) is 0 Å². The number of rotatable bonds is 4. The van der Waals surface area contributed by atoms with Crippen LogP contribution in [0.5, 0.6) is 0 Å². The van der Waals surface area contributed by atoms with E-state index >= 15 is 0 Å². The lowest BCUT2D eigenvalue weighted by Crippen LogP contribution is -2.25. The predicted octanol–water partition coefficient (Wildman–Crippen LogP) is 2.01. The fraction of sp³-hybridized carbons (Fsp3) is 0.231. The van der Waals surface area contributed by atoms with Crippen molar-refractivity contribution in [2.24, 2.45) is 0 Å². The number of thiazole rings is 1. The number of nitrogens with one attached hydrogen (secondary N) is 2. The maximum absolute atomic E-state index is 12.2. The van der Waals surface area contributed by atoms with E-state index in [0.717, 1.165) is 21.1 Å². The van der Waals surface area contributed by atoms with Gasteiger partial charge in [0.25, 0.3) is 5.91 Å². The fourth-order valence-electron chi connectivity index (χ4n) is 2.24. The zero-order valence-electron chi connectivity index (χ0n) is 11.7. The number of aryl methyl sites for hydroxylation is 1. The predicted molar refractivity (Wildman–Crippen MR) is 85.6 cm³/mol. The van der Waals surface area contributed by atoms with Crippen LogP contribution in [0.2, 0.25) is 0 Å². The molecule has 0 radical (unpaired) electrons. The second-order valence-electron chi connectivity index (χ2n) is 4.81. The quantitative estimate of drug-likeness (QED) is 0.598. The Morgan fingerprint density at radius 2 is 2.36 bits per heavy atom. The average Bonchev–Trinajstić information content (AvgIpc) is 3.20. The van der Waals surface area contributed by atoms with Crippen LogP contribution in [0.15, 0.2) is 17.6 Å². The molecule has 0 unspecified atom stereocenters. The highest BCUT2D eigenvalue weighted by Gasteiger charge is 2.14. The number of fused-ring (bicyclic) bond motifs is 3. The molecule has 112 valence electrons. The first kappa shape index (κ1) is 13.4. The lowest BCUT2D eigenvalue weighted by Gasteiger charge is -2.00. The number of carbonyl (C=O) groups excluding carboxylic acids is 1. The largest absolute Gasteiger partial charge is 0.351 e. The van der Waals surface area contributed by atoms with Crippen LogP contribution in [-0.2, 0) is 6.42 Å². The van der Waals surface area contributed by atoms with Crippen LogP contribution in [0.1, 0.15) is 21.3 Å². The number of thiophene rings is 1. The van der Waals surface area contributed by atoms with Gasteiger partial charge in [0, 0.05) is 24.5 Å². The summed E-state index contributed by atoms with van der Waals surface area (Å²) in [5, 5.41) is 11.7. The number of H-pyrrole nitrogens is 1. The van der Waals surface area contributed by atoms with Gasteiger partial charge in [-0.3, -0.25) is 14.3 Å². The summed E-state index contributed by atoms with van der Waals surface area (Å²) in [6, 6.07) is 1.89. The molecule has 0 spiro atoms. The van der Waals surface area contributed by atoms with Gasteiger partial charge in [0.15, 0.2) is 10.8 Å². The highest BCUT2D eigenvalue weighted by molar-refractivity contribution is 7.21. The molecule has 22 heavy (non-hydrogen) atoms. The van der Waals surface area contributed by atoms with E-state index in [9.17, 15) is 4.79 Å². The molecule has 4 rings (SSSR count). The Bertz CT molecular complexity index is 962. The van der Waals surface area contributed by atoms with Crippen molar-refractivity contribution in [3.05, 3.63) is 34.2 Å². The van der Waals surface area contributed by atoms with Gasteiger partial charge in [-0.15, -0.1) is 22.7 Å². The minimum absolute atomic E-state index is 0.0840. The molecule has 4 aromatic heterocycles. The third-order valence-corrected chi connectivity index (χ3v) is 5.01. The molecule has 0 fully saturated rings. The normalized spacial score (nSPS) is 11.5. The molecule has 0 bridgehead atoms. The number of nitrogens with zero attached hydrogens (tertiary/aromatic N) is 4. The zero-order valence-corrected chi connectivity index (χ0v) is 13.3. The van der Waals surface area contributed by atoms with Gasteiger partial charge in [-0.05, 0) is 13.0 Å². The van der Waals surface area contributed by atoms with E-state index in [1.54, 1.807) is 11.3 Å². The Hall–Kier alpha value is -2.26. The number of amides is 1. The van der Waals surface area contributed by atoms with Gasteiger partial charge in [-0.25, -0.2) is 9.97 Å². The van der Waals surface area contributed by atoms with E-state index in [4.69, 9.17) is 0 Å². The first-order chi connectivity index (χ1) is 10.7. The molecule has 0 atom stereocenters. The van der Waals surface area contributed by atoms with E-state index in [-0.39, 0.29) is 5.91 Å². The molecule has 2 N–H and O–H groups in total. The summed E-state index contributed by atoms with van der Waals surface area (Å²) in [5.41, 5.74) is 0.982. The van der Waals surface area contributed by atoms with E-state index in [1.165, 1.54) is 11.3 Å². The van der Waals surface area contributed by atoms with Gasteiger partial charge in [-0.1, -0.05) is 0 Å². The Kier molecular flexibility index (Phi) is 3.16. The lowest BCUT2D eigenvalue weighted by molar-refractivity contribution is 0.0958. The summed E-state index contributed by atoms with van der Waals surface area (Å²) in [5.74, 6) is 1.40. The molecule has 1 amide bonds. The minimum atomic E-state index is -0.0840. The molecule has 0 aliphatic rings. The van der Waals surface area contributed by atoms with Gasteiger partial charge in [0.2, 0.25) is 0 Å². The van der Waals surface area contributed by atoms with Crippen LogP contribution >= 0.6 is 22.7 Å². The first-order valence-corrected chi connectivity index (χ1v) is 8.41. The topological polar surface area (TPSA) is 88.0 Å². The third kappa shape index (κ3) is 2.28. The monoisotopic (exact) mass is 332 g/mol. The van der Waals surface area contributed by atoms with E-state index < -0.39 is 0 Å². The van der Waals surface area contributed by atoms with Gasteiger partial charge < -0.3 is 5.32 Å². The van der Waals surface area contributed by atoms with Crippen LogP contribution in [-0.4, -0.2) is 37.0 Å². The molecular weight excluding hydrogens is 320 g/mol. The van der Waals surface area contributed by atoms with Crippen molar-refractivity contribution in [1.82, 2.24) is 29.9 Å². The molecular formula is C13H12N6OS2. The van der Waals surface area contributed by atoms with Crippen molar-refractivity contribution < 1.29 is 4.79 Å². The number of hydrogen-bond donors (Lipinski definition) is 2. The van der Waals surface area contributed by atoms with Crippen LogP contribution in [0.25, 0.3) is 15.3 Å². The first-order valence-electron chi connectivity index (χ1n) is 6.72. The standard InChI is InChI=1S/C13H12N6OS2/c1-7-15-10(18-17-7)2-3-14-11(20)9-6-8-12(22-9)16-13-19(8)4-5-21-13/h4-6H,2-3H2,1H3,(H,14,20)(H,15,17,18). The van der Waals surface area contributed by atoms with E-state index in [2.05, 4.69) is 25.5 Å². The van der Waals surface area contributed by atoms with Gasteiger partial charge in [0.1, 0.15) is 10.7 Å². The summed E-state index contributed by atoms with van der Waals surface area (Å²) >= 11 is 3.00. The molecule has 0 saturated heterocycles. The van der Waals surface area contributed by atoms with Crippen molar-refractivity contribution in [3.63, 3.8) is 0 Å². The number of hydrogen-bond acceptors (Lipinski definition) is 6. The van der Waals surface area contributed by atoms with Crippen molar-refractivity contribution in [3.8, 4) is 0 Å². The second-order valence-corrected chi connectivity index (χ2v) is 6.72. The number of carbonyl (C=O) groups is 1. The van der Waals surface area contributed by atoms with Crippen molar-refractivity contribution in [2.75, 3.05) is 6.54 Å². The summed E-state index contributed by atoms with van der Waals surface area (Å²) in [6.07, 6.45) is 2.57. The second kappa shape index (κ2) is 5.18. The number of aromatic nitrogens is 5. The minimum Gasteiger partial charge on any atom is -0.351 e. The molecule has 0 aliphatic heterocycles. The maximum Gasteiger partial charge on any atom is 0.261 e. The Morgan fingerprint density at radius 3 is 3.18 bits per heavy atom. The summed E-state index contributed by atoms with van der Waals surface area (Å²) in [7, 11) is 0. The Balaban J connectivity index is 1.46. The third-order valence-electron chi connectivity index (χ3n) is 3.24. The van der Waals surface area contributed by atoms with Crippen LogP contribution in [0, 0.1) is 6.92 Å². The van der Waals surface area contributed by atoms with Crippen molar-refractivity contribution in [1.29, 1.82) is 0 Å². The summed E-state index contributed by atoms with van der Waals surface area (Å²) in [4.78, 5) is 23.4. The number of imidazole rings is 1. The molecule has 4 heterocycles. The summed E-state index contributed by atoms with van der Waals surface area (Å²) in [6.45, 7) is 2.36. The van der Waals surface area contributed by atoms with Crippen LogP contribution in [0.4, 0.5) is 0 Å². The molecule has 9 heteroatoms. The van der Waals surface area contributed by atoms with Gasteiger partial charge >= 0.3 is 0 Å². The molecule has 7 nitrogen and oxygen atoms in total. The van der Waals surface area contributed by atoms with E-state index in [0.29, 0.717) is 23.7 Å².